The van der Waals surface area contributed by atoms with Crippen molar-refractivity contribution >= 4 is 16.8 Å². The van der Waals surface area contributed by atoms with Gasteiger partial charge in [-0.3, -0.25) is 9.78 Å². The fraction of sp³-hybridized carbons (Fsp3) is 0.0667. The number of carbonyl (C=O) groups is 1. The molecule has 0 radical (unpaired) electrons. The third kappa shape index (κ3) is 2.33. The molecule has 4 nitrogen and oxygen atoms in total. The Morgan fingerprint density at radius 3 is 2.79 bits per heavy atom. The summed E-state index contributed by atoms with van der Waals surface area (Å²) in [4.78, 5) is 19.0. The highest BCUT2D eigenvalue weighted by Crippen LogP contribution is 2.17. The number of aromatic nitrogens is 2. The Morgan fingerprint density at radius 1 is 1.16 bits per heavy atom. The Kier molecular flexibility index (Phi) is 2.98. The van der Waals surface area contributed by atoms with E-state index in [4.69, 9.17) is 0 Å². The van der Waals surface area contributed by atoms with Crippen LogP contribution in [0.3, 0.4) is 0 Å². The molecule has 2 N–H and O–H groups in total. The first-order valence-electron chi connectivity index (χ1n) is 6.08. The first kappa shape index (κ1) is 11.5. The lowest BCUT2D eigenvalue weighted by Gasteiger charge is -2.04. The zero-order valence-electron chi connectivity index (χ0n) is 10.3. The molecule has 2 heterocycles. The number of nitrogens with zero attached hydrogens (tertiary/aromatic N) is 1. The minimum Gasteiger partial charge on any atom is -0.361 e. The summed E-state index contributed by atoms with van der Waals surface area (Å²) >= 11 is 0. The van der Waals surface area contributed by atoms with E-state index >= 15 is 0 Å². The van der Waals surface area contributed by atoms with E-state index in [1.54, 1.807) is 24.5 Å². The number of hydrogen-bond acceptors (Lipinski definition) is 2. The van der Waals surface area contributed by atoms with Gasteiger partial charge < -0.3 is 10.3 Å². The van der Waals surface area contributed by atoms with Crippen LogP contribution in [0.2, 0.25) is 0 Å². The van der Waals surface area contributed by atoms with Gasteiger partial charge in [-0.15, -0.1) is 0 Å². The van der Waals surface area contributed by atoms with Gasteiger partial charge >= 0.3 is 0 Å². The number of hydrogen-bond donors (Lipinski definition) is 2. The number of pyridine rings is 1. The third-order valence-corrected chi connectivity index (χ3v) is 3.06. The molecule has 0 atom stereocenters. The average molecular weight is 251 g/mol. The standard InChI is InChI=1S/C15H13N3O/c19-15(11-5-7-16-8-6-11)18-10-12-9-17-14-4-2-1-3-13(12)14/h1-9,17H,10H2,(H,18,19). The molecular weight excluding hydrogens is 238 g/mol. The average Bonchev–Trinajstić information content (AvgIpc) is 2.89. The van der Waals surface area contributed by atoms with Crippen molar-refractivity contribution in [3.63, 3.8) is 0 Å². The second-order valence-electron chi connectivity index (χ2n) is 4.28. The molecule has 3 aromatic rings. The third-order valence-electron chi connectivity index (χ3n) is 3.06. The molecule has 4 heteroatoms. The Morgan fingerprint density at radius 2 is 1.95 bits per heavy atom. The van der Waals surface area contributed by atoms with Crippen LogP contribution in [0.4, 0.5) is 0 Å². The van der Waals surface area contributed by atoms with Crippen LogP contribution in [-0.2, 0) is 6.54 Å². The smallest absolute Gasteiger partial charge is 0.251 e. The summed E-state index contributed by atoms with van der Waals surface area (Å²) in [6.07, 6.45) is 5.15. The van der Waals surface area contributed by atoms with Gasteiger partial charge in [-0.25, -0.2) is 0 Å². The van der Waals surface area contributed by atoms with Crippen molar-refractivity contribution in [1.29, 1.82) is 0 Å². The number of carbonyl (C=O) groups excluding carboxylic acids is 1. The lowest BCUT2D eigenvalue weighted by molar-refractivity contribution is 0.0951. The molecule has 0 unspecified atom stereocenters. The maximum absolute atomic E-state index is 11.9. The molecule has 1 amide bonds. The van der Waals surface area contributed by atoms with E-state index in [0.717, 1.165) is 16.5 Å². The van der Waals surface area contributed by atoms with Gasteiger partial charge in [0.25, 0.3) is 5.91 Å². The largest absolute Gasteiger partial charge is 0.361 e. The summed E-state index contributed by atoms with van der Waals surface area (Å²) in [6, 6.07) is 11.4. The summed E-state index contributed by atoms with van der Waals surface area (Å²) < 4.78 is 0. The summed E-state index contributed by atoms with van der Waals surface area (Å²) in [6.45, 7) is 0.505. The SMILES string of the molecule is O=C(NCc1c[nH]c2ccccc12)c1ccncc1. The van der Waals surface area contributed by atoms with Crippen LogP contribution in [0.1, 0.15) is 15.9 Å². The molecule has 1 aromatic carbocycles. The van der Waals surface area contributed by atoms with Crippen LogP contribution >= 0.6 is 0 Å². The van der Waals surface area contributed by atoms with Crippen molar-refractivity contribution in [2.24, 2.45) is 0 Å². The molecular formula is C15H13N3O. The van der Waals surface area contributed by atoms with Crippen LogP contribution in [0.15, 0.2) is 55.0 Å². The van der Waals surface area contributed by atoms with Crippen molar-refractivity contribution in [3.8, 4) is 0 Å². The molecule has 0 aliphatic rings. The molecule has 0 spiro atoms. The van der Waals surface area contributed by atoms with E-state index in [-0.39, 0.29) is 5.91 Å². The molecule has 0 aliphatic heterocycles. The van der Waals surface area contributed by atoms with Gasteiger partial charge in [0.05, 0.1) is 0 Å². The summed E-state index contributed by atoms with van der Waals surface area (Å²) in [5.74, 6) is -0.0901. The quantitative estimate of drug-likeness (QED) is 0.751. The van der Waals surface area contributed by atoms with Crippen LogP contribution in [-0.4, -0.2) is 15.9 Å². The Balaban J connectivity index is 1.75. The highest BCUT2D eigenvalue weighted by atomic mass is 16.1. The number of rotatable bonds is 3. The van der Waals surface area contributed by atoms with Crippen LogP contribution in [0, 0.1) is 0 Å². The van der Waals surface area contributed by atoms with Gasteiger partial charge in [0.1, 0.15) is 0 Å². The molecule has 0 bridgehead atoms. The molecule has 2 aromatic heterocycles. The van der Waals surface area contributed by atoms with Gasteiger partial charge in [-0.1, -0.05) is 18.2 Å². The molecule has 94 valence electrons. The summed E-state index contributed by atoms with van der Waals surface area (Å²) in [5, 5.41) is 4.04. The topological polar surface area (TPSA) is 57.8 Å². The minimum atomic E-state index is -0.0901. The Bertz CT molecular complexity index is 703. The Labute approximate surface area is 110 Å². The summed E-state index contributed by atoms with van der Waals surface area (Å²) in [5.41, 5.74) is 2.78. The van der Waals surface area contributed by atoms with Crippen molar-refractivity contribution < 1.29 is 4.79 Å². The van der Waals surface area contributed by atoms with E-state index in [9.17, 15) is 4.79 Å². The van der Waals surface area contributed by atoms with Crippen molar-refractivity contribution in [3.05, 3.63) is 66.1 Å². The van der Waals surface area contributed by atoms with Crippen molar-refractivity contribution in [1.82, 2.24) is 15.3 Å². The number of amides is 1. The van der Waals surface area contributed by atoms with Gasteiger partial charge in [-0.2, -0.15) is 0 Å². The van der Waals surface area contributed by atoms with Gasteiger partial charge in [0.15, 0.2) is 0 Å². The zero-order chi connectivity index (χ0) is 13.1. The zero-order valence-corrected chi connectivity index (χ0v) is 10.3. The molecule has 0 fully saturated rings. The van der Waals surface area contributed by atoms with Gasteiger partial charge in [-0.05, 0) is 23.8 Å². The van der Waals surface area contributed by atoms with Gasteiger partial charge in [0, 0.05) is 41.6 Å². The lowest BCUT2D eigenvalue weighted by Crippen LogP contribution is -2.22. The maximum atomic E-state index is 11.9. The Hall–Kier alpha value is -2.62. The molecule has 0 saturated carbocycles. The van der Waals surface area contributed by atoms with Crippen LogP contribution < -0.4 is 5.32 Å². The summed E-state index contributed by atoms with van der Waals surface area (Å²) in [7, 11) is 0. The van der Waals surface area contributed by atoms with E-state index in [1.807, 2.05) is 30.5 Å². The first-order valence-corrected chi connectivity index (χ1v) is 6.08. The fourth-order valence-corrected chi connectivity index (χ4v) is 2.06. The maximum Gasteiger partial charge on any atom is 0.251 e. The number of para-hydroxylation sites is 1. The first-order chi connectivity index (χ1) is 9.34. The normalized spacial score (nSPS) is 10.5. The predicted molar refractivity (Wildman–Crippen MR) is 73.7 cm³/mol. The number of aromatic amines is 1. The van der Waals surface area contributed by atoms with E-state index in [0.29, 0.717) is 12.1 Å². The molecule has 0 saturated heterocycles. The van der Waals surface area contributed by atoms with Crippen LogP contribution in [0.5, 0.6) is 0 Å². The molecule has 19 heavy (non-hydrogen) atoms. The highest BCUT2D eigenvalue weighted by molar-refractivity contribution is 5.94. The van der Waals surface area contributed by atoms with Crippen molar-refractivity contribution in [2.45, 2.75) is 6.54 Å². The number of fused-ring (bicyclic) bond motifs is 1. The minimum absolute atomic E-state index is 0.0901. The molecule has 0 aliphatic carbocycles. The number of benzene rings is 1. The van der Waals surface area contributed by atoms with E-state index in [2.05, 4.69) is 15.3 Å². The van der Waals surface area contributed by atoms with Gasteiger partial charge in [0.2, 0.25) is 0 Å². The predicted octanol–water partition coefficient (Wildman–Crippen LogP) is 2.49. The monoisotopic (exact) mass is 251 g/mol. The lowest BCUT2D eigenvalue weighted by atomic mass is 10.1. The fourth-order valence-electron chi connectivity index (χ4n) is 2.06. The number of nitrogens with one attached hydrogen (secondary N) is 2. The second-order valence-corrected chi connectivity index (χ2v) is 4.28. The van der Waals surface area contributed by atoms with Crippen molar-refractivity contribution in [2.75, 3.05) is 0 Å². The van der Waals surface area contributed by atoms with E-state index < -0.39 is 0 Å². The number of H-pyrrole nitrogens is 1. The van der Waals surface area contributed by atoms with E-state index in [1.165, 1.54) is 0 Å². The molecule has 3 rings (SSSR count). The second kappa shape index (κ2) is 4.94. The van der Waals surface area contributed by atoms with Crippen LogP contribution in [0.25, 0.3) is 10.9 Å². The highest BCUT2D eigenvalue weighted by Gasteiger charge is 2.06.